The average Bonchev–Trinajstić information content (AvgIpc) is 1.88. The summed E-state index contributed by atoms with van der Waals surface area (Å²) in [6.07, 6.45) is 1.31. The van der Waals surface area contributed by atoms with Crippen LogP contribution >= 0.6 is 12.4 Å². The second kappa shape index (κ2) is 7.32. The molecule has 0 radical (unpaired) electrons. The average molecular weight is 179 g/mol. The molecule has 0 aromatic rings. The van der Waals surface area contributed by atoms with Crippen LogP contribution in [0.4, 0.5) is 0 Å². The smallest absolute Gasteiger partial charge is 0.320 e. The number of nitrogens with two attached hydrogens (primary N) is 1. The van der Waals surface area contributed by atoms with E-state index in [0.29, 0.717) is 19.3 Å². The van der Waals surface area contributed by atoms with Gasteiger partial charge in [0.25, 0.3) is 0 Å². The van der Waals surface area contributed by atoms with Gasteiger partial charge in [0.15, 0.2) is 0 Å². The highest BCUT2D eigenvalue weighted by Crippen LogP contribution is 1.97. The van der Waals surface area contributed by atoms with E-state index in [1.54, 1.807) is 0 Å². The molecule has 0 aliphatic rings. The largest absolute Gasteiger partial charge is 0.480 e. The van der Waals surface area contributed by atoms with Gasteiger partial charge in [-0.1, -0.05) is 0 Å². The normalized spacial score (nSPS) is 10.9. The number of halogens is 1. The highest BCUT2D eigenvalue weighted by Gasteiger charge is 2.09. The first-order valence-corrected chi connectivity index (χ1v) is 3.04. The lowest BCUT2D eigenvalue weighted by atomic mass is 10.1. The summed E-state index contributed by atoms with van der Waals surface area (Å²) < 4.78 is 0. The number of hydrogen-bond acceptors (Lipinski definition) is 3. The summed E-state index contributed by atoms with van der Waals surface area (Å²) in [5.74, 6) is -1.00. The summed E-state index contributed by atoms with van der Waals surface area (Å²) in [5.41, 5.74) is 5.15. The number of carboxylic acid groups (broad SMARTS) is 1. The van der Waals surface area contributed by atoms with Crippen LogP contribution in [0.3, 0.4) is 0 Å². The molecule has 0 spiro atoms. The van der Waals surface area contributed by atoms with E-state index >= 15 is 0 Å². The maximum absolute atomic E-state index is 10.1. The van der Waals surface area contributed by atoms with Gasteiger partial charge in [-0.15, -0.1) is 12.4 Å². The van der Waals surface area contributed by atoms with Crippen molar-refractivity contribution in [2.24, 2.45) is 5.73 Å². The summed E-state index contributed by atoms with van der Waals surface area (Å²) in [5, 5.41) is 16.4. The molecule has 0 unspecified atom stereocenters. The molecule has 5 heteroatoms. The highest BCUT2D eigenvalue weighted by atomic mass is 35.5. The molecule has 1 atom stereocenters. The molecular formula is C6H11ClN2O2. The number of nitrogens with zero attached hydrogens (tertiary/aromatic N) is 1. The Morgan fingerprint density at radius 2 is 2.27 bits per heavy atom. The van der Waals surface area contributed by atoms with Gasteiger partial charge >= 0.3 is 5.97 Å². The number of rotatable bonds is 4. The lowest BCUT2D eigenvalue weighted by molar-refractivity contribution is -0.138. The third kappa shape index (κ3) is 7.10. The minimum Gasteiger partial charge on any atom is -0.480 e. The Labute approximate surface area is 71.4 Å². The van der Waals surface area contributed by atoms with Gasteiger partial charge in [-0.25, -0.2) is 0 Å². The molecular weight excluding hydrogens is 168 g/mol. The quantitative estimate of drug-likeness (QED) is 0.615. The zero-order chi connectivity index (χ0) is 7.98. The van der Waals surface area contributed by atoms with Gasteiger partial charge in [-0.3, -0.25) is 4.79 Å². The number of hydrogen-bond donors (Lipinski definition) is 2. The maximum Gasteiger partial charge on any atom is 0.320 e. The van der Waals surface area contributed by atoms with E-state index in [1.165, 1.54) is 0 Å². The van der Waals surface area contributed by atoms with Crippen molar-refractivity contribution in [3.05, 3.63) is 0 Å². The molecule has 0 rings (SSSR count). The van der Waals surface area contributed by atoms with E-state index in [-0.39, 0.29) is 12.4 Å². The van der Waals surface area contributed by atoms with E-state index in [4.69, 9.17) is 16.1 Å². The Bertz CT molecular complexity index is 155. The first kappa shape index (κ1) is 12.8. The molecule has 0 aliphatic heterocycles. The highest BCUT2D eigenvalue weighted by molar-refractivity contribution is 5.85. The predicted octanol–water partition coefficient (Wildman–Crippen LogP) is 0.514. The van der Waals surface area contributed by atoms with E-state index in [0.717, 1.165) is 0 Å². The van der Waals surface area contributed by atoms with Crippen LogP contribution in [0.2, 0.25) is 0 Å². The van der Waals surface area contributed by atoms with Crippen LogP contribution in [0, 0.1) is 11.3 Å². The van der Waals surface area contributed by atoms with Crippen LogP contribution in [0.1, 0.15) is 19.3 Å². The second-order valence-corrected chi connectivity index (χ2v) is 2.00. The minimum absolute atomic E-state index is 0. The molecule has 4 nitrogen and oxygen atoms in total. The number of unbranched alkanes of at least 4 members (excludes halogenated alkanes) is 1. The van der Waals surface area contributed by atoms with E-state index < -0.39 is 12.0 Å². The summed E-state index contributed by atoms with van der Waals surface area (Å²) in [7, 11) is 0. The second-order valence-electron chi connectivity index (χ2n) is 2.00. The topological polar surface area (TPSA) is 87.1 Å². The van der Waals surface area contributed by atoms with Crippen molar-refractivity contribution in [2.75, 3.05) is 0 Å². The number of carboxylic acids is 1. The van der Waals surface area contributed by atoms with Crippen LogP contribution in [-0.4, -0.2) is 17.1 Å². The van der Waals surface area contributed by atoms with Crippen molar-refractivity contribution >= 4 is 18.4 Å². The fraction of sp³-hybridized carbons (Fsp3) is 0.667. The van der Waals surface area contributed by atoms with Crippen LogP contribution in [0.25, 0.3) is 0 Å². The first-order chi connectivity index (χ1) is 4.68. The molecule has 64 valence electrons. The van der Waals surface area contributed by atoms with Gasteiger partial charge < -0.3 is 10.8 Å². The Morgan fingerprint density at radius 1 is 1.73 bits per heavy atom. The lowest BCUT2D eigenvalue weighted by Crippen LogP contribution is -2.29. The van der Waals surface area contributed by atoms with Crippen molar-refractivity contribution in [1.29, 1.82) is 5.26 Å². The van der Waals surface area contributed by atoms with Gasteiger partial charge in [-0.2, -0.15) is 5.26 Å². The lowest BCUT2D eigenvalue weighted by Gasteiger charge is -2.01. The molecule has 0 heterocycles. The Balaban J connectivity index is 0. The molecule has 0 saturated heterocycles. The monoisotopic (exact) mass is 178 g/mol. The molecule has 0 amide bonds. The maximum atomic E-state index is 10.1. The molecule has 3 N–H and O–H groups in total. The van der Waals surface area contributed by atoms with Crippen LogP contribution in [0.15, 0.2) is 0 Å². The van der Waals surface area contributed by atoms with Crippen molar-refractivity contribution in [3.8, 4) is 6.07 Å². The minimum atomic E-state index is -1.00. The fourth-order valence-electron chi connectivity index (χ4n) is 0.525. The van der Waals surface area contributed by atoms with Crippen molar-refractivity contribution in [2.45, 2.75) is 25.3 Å². The molecule has 0 aromatic heterocycles. The van der Waals surface area contributed by atoms with Gasteiger partial charge in [0.1, 0.15) is 6.04 Å². The van der Waals surface area contributed by atoms with Gasteiger partial charge in [0, 0.05) is 6.42 Å². The van der Waals surface area contributed by atoms with Crippen molar-refractivity contribution in [3.63, 3.8) is 0 Å². The van der Waals surface area contributed by atoms with Gasteiger partial charge in [0.2, 0.25) is 0 Å². The van der Waals surface area contributed by atoms with Crippen molar-refractivity contribution < 1.29 is 9.90 Å². The number of nitriles is 1. The van der Waals surface area contributed by atoms with E-state index in [1.807, 2.05) is 6.07 Å². The molecule has 0 aliphatic carbocycles. The first-order valence-electron chi connectivity index (χ1n) is 3.04. The predicted molar refractivity (Wildman–Crippen MR) is 42.3 cm³/mol. The Morgan fingerprint density at radius 3 is 2.64 bits per heavy atom. The van der Waals surface area contributed by atoms with Crippen LogP contribution in [-0.2, 0) is 4.79 Å². The van der Waals surface area contributed by atoms with E-state index in [2.05, 4.69) is 0 Å². The molecule has 11 heavy (non-hydrogen) atoms. The van der Waals surface area contributed by atoms with Crippen molar-refractivity contribution in [1.82, 2.24) is 0 Å². The summed E-state index contributed by atoms with van der Waals surface area (Å²) in [6, 6.07) is 1.10. The summed E-state index contributed by atoms with van der Waals surface area (Å²) in [4.78, 5) is 10.1. The standard InChI is InChI=1S/C6H10N2O2.ClH/c7-4-2-1-3-5(8)6(9)10;/h5H,1-3,8H2,(H,9,10);1H/t5-;/m0./s1. The number of carbonyl (C=O) groups is 1. The van der Waals surface area contributed by atoms with Gasteiger partial charge in [0.05, 0.1) is 6.07 Å². The third-order valence-corrected chi connectivity index (χ3v) is 1.12. The van der Waals surface area contributed by atoms with E-state index in [9.17, 15) is 4.79 Å². The molecule has 0 aromatic carbocycles. The van der Waals surface area contributed by atoms with Crippen LogP contribution < -0.4 is 5.73 Å². The number of aliphatic carboxylic acids is 1. The zero-order valence-corrected chi connectivity index (χ0v) is 6.80. The molecule has 0 fully saturated rings. The zero-order valence-electron chi connectivity index (χ0n) is 5.99. The fourth-order valence-corrected chi connectivity index (χ4v) is 0.525. The SMILES string of the molecule is Cl.N#CCCC[C@H](N)C(=O)O. The molecule has 0 saturated carbocycles. The summed E-state index contributed by atoms with van der Waals surface area (Å²) >= 11 is 0. The Kier molecular flexibility index (Phi) is 8.55. The van der Waals surface area contributed by atoms with Gasteiger partial charge in [-0.05, 0) is 12.8 Å². The molecule has 0 bridgehead atoms. The Hall–Kier alpha value is -0.790. The van der Waals surface area contributed by atoms with Crippen LogP contribution in [0.5, 0.6) is 0 Å². The summed E-state index contributed by atoms with van der Waals surface area (Å²) in [6.45, 7) is 0. The third-order valence-electron chi connectivity index (χ3n) is 1.12.